The monoisotopic (exact) mass is 623 g/mol. The molecular formula is C32H31F2N11O. The Hall–Kier alpha value is -5.71. The number of carbonyl (C=O) groups is 1. The number of amides is 2. The minimum Gasteiger partial charge on any atom is -0.351 e. The minimum absolute atomic E-state index is 0.00373. The number of aryl methyl sites for hydroxylation is 1. The largest absolute Gasteiger partial charge is 0.351 e. The number of nitriles is 1. The highest BCUT2D eigenvalue weighted by atomic mass is 19.3. The lowest BCUT2D eigenvalue weighted by atomic mass is 9.90. The predicted octanol–water partition coefficient (Wildman–Crippen LogP) is 5.54. The van der Waals surface area contributed by atoms with Crippen LogP contribution in [0.1, 0.15) is 43.4 Å². The maximum Gasteiger partial charge on any atom is 0.333 e. The molecule has 6 rings (SSSR count). The third kappa shape index (κ3) is 6.83. The molecule has 1 aliphatic rings. The molecule has 0 aliphatic heterocycles. The molecule has 4 heterocycles. The molecule has 14 heteroatoms. The van der Waals surface area contributed by atoms with Gasteiger partial charge in [-0.3, -0.25) is 9.58 Å². The molecule has 1 fully saturated rings. The highest BCUT2D eigenvalue weighted by molar-refractivity contribution is 5.91. The third-order valence-electron chi connectivity index (χ3n) is 7.92. The molecule has 2 N–H and O–H groups in total. The van der Waals surface area contributed by atoms with Crippen molar-refractivity contribution in [2.75, 3.05) is 10.2 Å². The van der Waals surface area contributed by atoms with Crippen LogP contribution in [0.25, 0.3) is 22.4 Å². The summed E-state index contributed by atoms with van der Waals surface area (Å²) in [5.41, 5.74) is 3.50. The third-order valence-corrected chi connectivity index (χ3v) is 7.92. The summed E-state index contributed by atoms with van der Waals surface area (Å²) in [6.45, 7) is -2.42. The first kappa shape index (κ1) is 30.3. The van der Waals surface area contributed by atoms with Crippen LogP contribution in [0.2, 0.25) is 0 Å². The predicted molar refractivity (Wildman–Crippen MR) is 166 cm³/mol. The van der Waals surface area contributed by atoms with Gasteiger partial charge in [0, 0.05) is 61.0 Å². The molecule has 0 radical (unpaired) electrons. The zero-order valence-corrected chi connectivity index (χ0v) is 25.0. The molecule has 4 aromatic heterocycles. The van der Waals surface area contributed by atoms with Crippen LogP contribution >= 0.6 is 0 Å². The maximum atomic E-state index is 13.7. The van der Waals surface area contributed by atoms with E-state index in [9.17, 15) is 18.8 Å². The second-order valence-corrected chi connectivity index (χ2v) is 11.0. The van der Waals surface area contributed by atoms with Crippen molar-refractivity contribution in [2.45, 2.75) is 50.9 Å². The quantitative estimate of drug-likeness (QED) is 0.218. The summed E-state index contributed by atoms with van der Waals surface area (Å²) < 4.78 is 28.4. The number of nitrogens with zero attached hydrogens (tertiary/aromatic N) is 9. The van der Waals surface area contributed by atoms with E-state index >= 15 is 0 Å². The summed E-state index contributed by atoms with van der Waals surface area (Å²) in [4.78, 5) is 28.8. The van der Waals surface area contributed by atoms with Gasteiger partial charge >= 0.3 is 12.6 Å². The molecule has 0 spiro atoms. The smallest absolute Gasteiger partial charge is 0.333 e. The van der Waals surface area contributed by atoms with E-state index in [4.69, 9.17) is 0 Å². The molecule has 0 atom stereocenters. The Labute approximate surface area is 263 Å². The molecule has 12 nitrogen and oxygen atoms in total. The first-order valence-corrected chi connectivity index (χ1v) is 14.8. The van der Waals surface area contributed by atoms with Crippen molar-refractivity contribution >= 4 is 17.8 Å². The molecule has 1 saturated carbocycles. The first-order valence-electron chi connectivity index (χ1n) is 14.8. The van der Waals surface area contributed by atoms with Crippen LogP contribution in [0.5, 0.6) is 0 Å². The Morgan fingerprint density at radius 2 is 1.76 bits per heavy atom. The van der Waals surface area contributed by atoms with Crippen LogP contribution in [0.15, 0.2) is 79.6 Å². The Kier molecular flexibility index (Phi) is 8.91. The summed E-state index contributed by atoms with van der Waals surface area (Å²) in [6, 6.07) is 15.2. The van der Waals surface area contributed by atoms with Crippen molar-refractivity contribution in [3.05, 3.63) is 90.8 Å². The summed E-state index contributed by atoms with van der Waals surface area (Å²) in [5.74, 6) is 0.839. The van der Waals surface area contributed by atoms with Crippen LogP contribution in [0.3, 0.4) is 0 Å². The Morgan fingerprint density at radius 3 is 2.41 bits per heavy atom. The molecule has 0 saturated heterocycles. The van der Waals surface area contributed by atoms with E-state index in [0.717, 1.165) is 22.9 Å². The van der Waals surface area contributed by atoms with Gasteiger partial charge in [0.15, 0.2) is 0 Å². The van der Waals surface area contributed by atoms with E-state index in [1.54, 1.807) is 22.0 Å². The van der Waals surface area contributed by atoms with E-state index in [-0.39, 0.29) is 35.3 Å². The number of carbonyl (C=O) groups excluding carboxylic acids is 1. The molecule has 1 aliphatic carbocycles. The van der Waals surface area contributed by atoms with E-state index in [2.05, 4.69) is 35.8 Å². The fourth-order valence-corrected chi connectivity index (χ4v) is 5.57. The van der Waals surface area contributed by atoms with Crippen LogP contribution in [0.4, 0.5) is 25.3 Å². The number of halogens is 2. The summed E-state index contributed by atoms with van der Waals surface area (Å²) in [6.07, 6.45) is 12.0. The number of pyridine rings is 1. The van der Waals surface area contributed by atoms with Gasteiger partial charge in [-0.05, 0) is 43.4 Å². The van der Waals surface area contributed by atoms with Gasteiger partial charge < -0.3 is 10.6 Å². The fourth-order valence-electron chi connectivity index (χ4n) is 5.57. The summed E-state index contributed by atoms with van der Waals surface area (Å²) >= 11 is 0. The Bertz CT molecular complexity index is 1820. The highest BCUT2D eigenvalue weighted by Crippen LogP contribution is 2.30. The van der Waals surface area contributed by atoms with E-state index in [1.165, 1.54) is 12.4 Å². The van der Waals surface area contributed by atoms with Crippen LogP contribution in [-0.4, -0.2) is 52.6 Å². The number of hydrogen-bond acceptors (Lipinski definition) is 8. The number of aromatic nitrogens is 7. The first-order chi connectivity index (χ1) is 22.4. The van der Waals surface area contributed by atoms with E-state index in [0.29, 0.717) is 48.3 Å². The lowest BCUT2D eigenvalue weighted by molar-refractivity contribution is 0.0566. The van der Waals surface area contributed by atoms with Crippen molar-refractivity contribution < 1.29 is 13.6 Å². The number of benzene rings is 1. The molecule has 1 aromatic carbocycles. The SMILES string of the molecule is Cn1cc(-c2ccc(N(C(=O)NCc3ccccc3)C3CCC(Nc4ncc(C#N)c(-c5cnn(C(F)F)c5)n4)CC3)nc2)cn1. The van der Waals surface area contributed by atoms with Gasteiger partial charge in [-0.2, -0.15) is 24.2 Å². The van der Waals surface area contributed by atoms with Gasteiger partial charge in [0.05, 0.1) is 29.8 Å². The van der Waals surface area contributed by atoms with Gasteiger partial charge in [-0.1, -0.05) is 30.3 Å². The van der Waals surface area contributed by atoms with Gasteiger partial charge in [0.1, 0.15) is 11.9 Å². The van der Waals surface area contributed by atoms with Crippen molar-refractivity contribution in [3.8, 4) is 28.5 Å². The van der Waals surface area contributed by atoms with Crippen molar-refractivity contribution in [1.82, 2.24) is 39.8 Å². The molecule has 46 heavy (non-hydrogen) atoms. The maximum absolute atomic E-state index is 13.7. The fraction of sp³-hybridized carbons (Fsp3) is 0.281. The molecule has 0 bridgehead atoms. The summed E-state index contributed by atoms with van der Waals surface area (Å²) in [5, 5.41) is 23.8. The second kappa shape index (κ2) is 13.5. The van der Waals surface area contributed by atoms with Crippen molar-refractivity contribution in [1.29, 1.82) is 5.26 Å². The second-order valence-electron chi connectivity index (χ2n) is 11.0. The van der Waals surface area contributed by atoms with Gasteiger partial charge in [0.2, 0.25) is 5.95 Å². The molecular weight excluding hydrogens is 592 g/mol. The Balaban J connectivity index is 1.16. The standard InChI is InChI=1S/C32H31F2N11O/c1-43-19-24(17-39-43)22-7-12-28(36-15-22)45(32(46)38-14-21-5-3-2-4-6-21)27-10-8-26(9-11-27)41-31-37-16-23(13-35)29(42-31)25-18-40-44(20-25)30(33)34/h2-7,12,15-20,26-27,30H,8-11,14H2,1H3,(H,38,46)(H,37,41,42). The van der Waals surface area contributed by atoms with Crippen molar-refractivity contribution in [2.24, 2.45) is 7.05 Å². The van der Waals surface area contributed by atoms with E-state index < -0.39 is 6.55 Å². The minimum atomic E-state index is -2.80. The van der Waals surface area contributed by atoms with Crippen molar-refractivity contribution in [3.63, 3.8) is 0 Å². The Morgan fingerprint density at radius 1 is 0.978 bits per heavy atom. The zero-order valence-electron chi connectivity index (χ0n) is 25.0. The molecule has 234 valence electrons. The van der Waals surface area contributed by atoms with Crippen LogP contribution in [-0.2, 0) is 13.6 Å². The topological polar surface area (TPSA) is 142 Å². The number of alkyl halides is 2. The number of rotatable bonds is 9. The molecule has 5 aromatic rings. The number of nitrogens with one attached hydrogen (secondary N) is 2. The summed E-state index contributed by atoms with van der Waals surface area (Å²) in [7, 11) is 1.85. The van der Waals surface area contributed by atoms with Crippen LogP contribution in [0, 0.1) is 11.3 Å². The lowest BCUT2D eigenvalue weighted by Crippen LogP contribution is -2.49. The average molecular weight is 624 g/mol. The van der Waals surface area contributed by atoms with E-state index in [1.807, 2.05) is 61.8 Å². The number of anilines is 2. The number of hydrogen-bond donors (Lipinski definition) is 2. The lowest BCUT2D eigenvalue weighted by Gasteiger charge is -2.36. The highest BCUT2D eigenvalue weighted by Gasteiger charge is 2.31. The zero-order chi connectivity index (χ0) is 32.0. The average Bonchev–Trinajstić information content (AvgIpc) is 3.76. The van der Waals surface area contributed by atoms with Gasteiger partial charge in [-0.25, -0.2) is 24.4 Å². The van der Waals surface area contributed by atoms with Crippen LogP contribution < -0.4 is 15.5 Å². The van der Waals surface area contributed by atoms with Gasteiger partial charge in [0.25, 0.3) is 0 Å². The van der Waals surface area contributed by atoms with Gasteiger partial charge in [-0.15, -0.1) is 0 Å². The normalized spacial score (nSPS) is 16.2. The number of urea groups is 1. The molecule has 0 unspecified atom stereocenters. The molecule has 2 amide bonds.